The third-order valence-electron chi connectivity index (χ3n) is 2.18. The van der Waals surface area contributed by atoms with Crippen molar-refractivity contribution in [1.29, 1.82) is 0 Å². The van der Waals surface area contributed by atoms with E-state index in [4.69, 9.17) is 16.0 Å². The SMILES string of the molecule is O=C(/C=C/Cc1coc(Cl)n1)c1ccccc1. The van der Waals surface area contributed by atoms with E-state index in [0.29, 0.717) is 17.7 Å². The highest BCUT2D eigenvalue weighted by Crippen LogP contribution is 2.08. The minimum absolute atomic E-state index is 0.0276. The van der Waals surface area contributed by atoms with Gasteiger partial charge in [0.1, 0.15) is 6.26 Å². The normalized spacial score (nSPS) is 10.9. The summed E-state index contributed by atoms with van der Waals surface area (Å²) in [7, 11) is 0. The number of halogens is 1. The van der Waals surface area contributed by atoms with Crippen LogP contribution in [0.4, 0.5) is 0 Å². The van der Waals surface area contributed by atoms with Gasteiger partial charge in [0.15, 0.2) is 5.78 Å². The summed E-state index contributed by atoms with van der Waals surface area (Å²) < 4.78 is 4.84. The fourth-order valence-electron chi connectivity index (χ4n) is 1.36. The Bertz CT molecular complexity index is 531. The van der Waals surface area contributed by atoms with Crippen LogP contribution in [0.5, 0.6) is 0 Å². The molecule has 0 atom stereocenters. The van der Waals surface area contributed by atoms with Crippen molar-refractivity contribution in [3.63, 3.8) is 0 Å². The van der Waals surface area contributed by atoms with Gasteiger partial charge < -0.3 is 4.42 Å². The highest BCUT2D eigenvalue weighted by Gasteiger charge is 2.01. The lowest BCUT2D eigenvalue weighted by molar-refractivity contribution is 0.104. The fraction of sp³-hybridized carbons (Fsp3) is 0.0769. The number of allylic oxidation sites excluding steroid dienone is 2. The molecule has 0 fully saturated rings. The van der Waals surface area contributed by atoms with Gasteiger partial charge in [0, 0.05) is 12.0 Å². The Labute approximate surface area is 104 Å². The first-order valence-corrected chi connectivity index (χ1v) is 5.49. The number of nitrogens with zero attached hydrogens (tertiary/aromatic N) is 1. The van der Waals surface area contributed by atoms with Gasteiger partial charge in [-0.05, 0) is 17.7 Å². The lowest BCUT2D eigenvalue weighted by Crippen LogP contribution is -1.93. The molecule has 1 aromatic carbocycles. The van der Waals surface area contributed by atoms with Crippen LogP contribution in [0, 0.1) is 0 Å². The second-order valence-corrected chi connectivity index (χ2v) is 3.75. The number of oxazole rings is 1. The third-order valence-corrected chi connectivity index (χ3v) is 2.35. The summed E-state index contributed by atoms with van der Waals surface area (Å²) in [5, 5.41) is 0.114. The molecule has 0 amide bonds. The van der Waals surface area contributed by atoms with E-state index in [2.05, 4.69) is 4.98 Å². The maximum atomic E-state index is 11.7. The Morgan fingerprint density at radius 1 is 1.35 bits per heavy atom. The van der Waals surface area contributed by atoms with Gasteiger partial charge in [-0.3, -0.25) is 4.79 Å². The minimum Gasteiger partial charge on any atom is -0.436 e. The van der Waals surface area contributed by atoms with Crippen molar-refractivity contribution in [3.05, 3.63) is 65.4 Å². The number of carbonyl (C=O) groups excluding carboxylic acids is 1. The number of aromatic nitrogens is 1. The maximum Gasteiger partial charge on any atom is 0.292 e. The predicted octanol–water partition coefficient (Wildman–Crippen LogP) is 3.31. The van der Waals surface area contributed by atoms with Crippen molar-refractivity contribution in [2.45, 2.75) is 6.42 Å². The number of hydrogen-bond acceptors (Lipinski definition) is 3. The Morgan fingerprint density at radius 2 is 2.12 bits per heavy atom. The zero-order valence-corrected chi connectivity index (χ0v) is 9.72. The molecule has 3 nitrogen and oxygen atoms in total. The molecule has 0 unspecified atom stereocenters. The summed E-state index contributed by atoms with van der Waals surface area (Å²) in [6.07, 6.45) is 5.26. The van der Waals surface area contributed by atoms with Crippen LogP contribution >= 0.6 is 11.6 Å². The van der Waals surface area contributed by atoms with E-state index in [9.17, 15) is 4.79 Å². The molecule has 4 heteroatoms. The van der Waals surface area contributed by atoms with E-state index in [1.54, 1.807) is 18.2 Å². The van der Waals surface area contributed by atoms with Crippen molar-refractivity contribution in [1.82, 2.24) is 4.98 Å². The molecular formula is C13H10ClNO2. The molecular weight excluding hydrogens is 238 g/mol. The molecule has 0 radical (unpaired) electrons. The molecule has 1 aromatic heterocycles. The van der Waals surface area contributed by atoms with Crippen molar-refractivity contribution >= 4 is 17.4 Å². The molecule has 1 heterocycles. The lowest BCUT2D eigenvalue weighted by atomic mass is 10.1. The van der Waals surface area contributed by atoms with Gasteiger partial charge in [0.05, 0.1) is 5.69 Å². The fourth-order valence-corrected chi connectivity index (χ4v) is 1.51. The van der Waals surface area contributed by atoms with Crippen LogP contribution in [-0.4, -0.2) is 10.8 Å². The van der Waals surface area contributed by atoms with E-state index in [1.807, 2.05) is 18.2 Å². The van der Waals surface area contributed by atoms with Crippen LogP contribution in [0.2, 0.25) is 5.35 Å². The Morgan fingerprint density at radius 3 is 2.76 bits per heavy atom. The maximum absolute atomic E-state index is 11.7. The topological polar surface area (TPSA) is 43.1 Å². The molecule has 0 spiro atoms. The zero-order valence-electron chi connectivity index (χ0n) is 8.97. The molecule has 0 aliphatic carbocycles. The Kier molecular flexibility index (Phi) is 3.73. The van der Waals surface area contributed by atoms with Crippen molar-refractivity contribution < 1.29 is 9.21 Å². The first-order valence-electron chi connectivity index (χ1n) is 5.11. The zero-order chi connectivity index (χ0) is 12.1. The molecule has 0 N–H and O–H groups in total. The van der Waals surface area contributed by atoms with Crippen molar-refractivity contribution in [3.8, 4) is 0 Å². The summed E-state index contributed by atoms with van der Waals surface area (Å²) in [4.78, 5) is 15.6. The molecule has 0 saturated carbocycles. The van der Waals surface area contributed by atoms with E-state index in [1.165, 1.54) is 12.3 Å². The van der Waals surface area contributed by atoms with Crippen LogP contribution in [0.15, 0.2) is 53.2 Å². The van der Waals surface area contributed by atoms with E-state index >= 15 is 0 Å². The number of hydrogen-bond donors (Lipinski definition) is 0. The van der Waals surface area contributed by atoms with Gasteiger partial charge in [-0.25, -0.2) is 4.98 Å². The van der Waals surface area contributed by atoms with E-state index in [-0.39, 0.29) is 11.1 Å². The average Bonchev–Trinajstić information content (AvgIpc) is 2.76. The summed E-state index contributed by atoms with van der Waals surface area (Å²) in [5.41, 5.74) is 1.37. The van der Waals surface area contributed by atoms with Gasteiger partial charge in [-0.15, -0.1) is 0 Å². The Hall–Kier alpha value is -1.87. The summed E-state index contributed by atoms with van der Waals surface area (Å²) in [6, 6.07) is 9.09. The van der Waals surface area contributed by atoms with Crippen molar-refractivity contribution in [2.75, 3.05) is 0 Å². The number of benzene rings is 1. The smallest absolute Gasteiger partial charge is 0.292 e. The average molecular weight is 248 g/mol. The van der Waals surface area contributed by atoms with Crippen LogP contribution in [0.25, 0.3) is 0 Å². The second-order valence-electron chi connectivity index (χ2n) is 3.43. The number of ketones is 1. The minimum atomic E-state index is -0.0276. The lowest BCUT2D eigenvalue weighted by Gasteiger charge is -1.93. The molecule has 2 rings (SSSR count). The molecule has 0 aliphatic heterocycles. The number of rotatable bonds is 4. The quantitative estimate of drug-likeness (QED) is 0.615. The first kappa shape index (κ1) is 11.6. The molecule has 2 aromatic rings. The largest absolute Gasteiger partial charge is 0.436 e. The van der Waals surface area contributed by atoms with Gasteiger partial charge in [0.2, 0.25) is 0 Å². The second kappa shape index (κ2) is 5.46. The van der Waals surface area contributed by atoms with Crippen molar-refractivity contribution in [2.24, 2.45) is 0 Å². The molecule has 17 heavy (non-hydrogen) atoms. The highest BCUT2D eigenvalue weighted by molar-refractivity contribution is 6.27. The monoisotopic (exact) mass is 247 g/mol. The first-order chi connectivity index (χ1) is 8.25. The summed E-state index contributed by atoms with van der Waals surface area (Å²) >= 11 is 5.53. The summed E-state index contributed by atoms with van der Waals surface area (Å²) in [6.45, 7) is 0. The molecule has 0 saturated heterocycles. The number of carbonyl (C=O) groups is 1. The third kappa shape index (κ3) is 3.29. The molecule has 0 bridgehead atoms. The van der Waals surface area contributed by atoms with E-state index in [0.717, 1.165) is 0 Å². The van der Waals surface area contributed by atoms with Crippen LogP contribution in [-0.2, 0) is 6.42 Å². The van der Waals surface area contributed by atoms with Gasteiger partial charge >= 0.3 is 0 Å². The molecule has 86 valence electrons. The van der Waals surface area contributed by atoms with Gasteiger partial charge in [-0.2, -0.15) is 0 Å². The standard InChI is InChI=1S/C13H10ClNO2/c14-13-15-11(9-17-13)7-4-8-12(16)10-5-2-1-3-6-10/h1-6,8-9H,7H2/b8-4+. The predicted molar refractivity (Wildman–Crippen MR) is 65.1 cm³/mol. The van der Waals surface area contributed by atoms with Crippen LogP contribution < -0.4 is 0 Å². The van der Waals surface area contributed by atoms with E-state index < -0.39 is 0 Å². The van der Waals surface area contributed by atoms with Crippen LogP contribution in [0.1, 0.15) is 16.1 Å². The van der Waals surface area contributed by atoms with Gasteiger partial charge in [-0.1, -0.05) is 36.4 Å². The molecule has 0 aliphatic rings. The summed E-state index contributed by atoms with van der Waals surface area (Å²) in [5.74, 6) is -0.0276. The van der Waals surface area contributed by atoms with Crippen LogP contribution in [0.3, 0.4) is 0 Å². The highest BCUT2D eigenvalue weighted by atomic mass is 35.5. The van der Waals surface area contributed by atoms with Gasteiger partial charge in [0.25, 0.3) is 5.35 Å². The Balaban J connectivity index is 1.95.